The first-order valence-corrected chi connectivity index (χ1v) is 5.37. The SMILES string of the molecule is COC(CN)CCN(C)c1ccc(F)cc1. The molecule has 0 aliphatic heterocycles. The third-order valence-corrected chi connectivity index (χ3v) is 2.65. The van der Waals surface area contributed by atoms with Gasteiger partial charge in [-0.1, -0.05) is 0 Å². The molecule has 16 heavy (non-hydrogen) atoms. The zero-order chi connectivity index (χ0) is 12.0. The molecular formula is C12H19FN2O. The highest BCUT2D eigenvalue weighted by Gasteiger charge is 2.07. The molecule has 0 bridgehead atoms. The number of hydrogen-bond acceptors (Lipinski definition) is 3. The first kappa shape index (κ1) is 12.9. The van der Waals surface area contributed by atoms with E-state index in [0.717, 1.165) is 18.7 Å². The van der Waals surface area contributed by atoms with Crippen molar-refractivity contribution in [3.63, 3.8) is 0 Å². The molecule has 1 unspecified atom stereocenters. The molecule has 0 spiro atoms. The van der Waals surface area contributed by atoms with Crippen LogP contribution in [-0.2, 0) is 4.74 Å². The van der Waals surface area contributed by atoms with Gasteiger partial charge in [0.25, 0.3) is 0 Å². The van der Waals surface area contributed by atoms with Crippen LogP contribution in [0.25, 0.3) is 0 Å². The Balaban J connectivity index is 2.46. The summed E-state index contributed by atoms with van der Waals surface area (Å²) in [5.74, 6) is -0.214. The fraction of sp³-hybridized carbons (Fsp3) is 0.500. The maximum Gasteiger partial charge on any atom is 0.123 e. The molecule has 90 valence electrons. The average molecular weight is 226 g/mol. The Hall–Kier alpha value is -1.13. The fourth-order valence-corrected chi connectivity index (χ4v) is 1.49. The Kier molecular flexibility index (Phi) is 5.22. The molecule has 0 aliphatic rings. The van der Waals surface area contributed by atoms with Gasteiger partial charge in [-0.25, -0.2) is 4.39 Å². The Morgan fingerprint density at radius 3 is 2.50 bits per heavy atom. The van der Waals surface area contributed by atoms with Crippen LogP contribution in [0.1, 0.15) is 6.42 Å². The lowest BCUT2D eigenvalue weighted by Crippen LogP contribution is -2.28. The average Bonchev–Trinajstić information content (AvgIpc) is 2.31. The summed E-state index contributed by atoms with van der Waals surface area (Å²) in [6.45, 7) is 1.36. The van der Waals surface area contributed by atoms with Gasteiger partial charge in [0.2, 0.25) is 0 Å². The monoisotopic (exact) mass is 226 g/mol. The van der Waals surface area contributed by atoms with E-state index >= 15 is 0 Å². The van der Waals surface area contributed by atoms with Gasteiger partial charge in [-0.2, -0.15) is 0 Å². The van der Waals surface area contributed by atoms with E-state index in [9.17, 15) is 4.39 Å². The maximum atomic E-state index is 12.7. The van der Waals surface area contributed by atoms with Crippen molar-refractivity contribution in [2.75, 3.05) is 32.1 Å². The maximum absolute atomic E-state index is 12.7. The van der Waals surface area contributed by atoms with E-state index in [2.05, 4.69) is 4.90 Å². The summed E-state index contributed by atoms with van der Waals surface area (Å²) < 4.78 is 17.9. The van der Waals surface area contributed by atoms with E-state index in [1.807, 2.05) is 7.05 Å². The minimum absolute atomic E-state index is 0.0860. The van der Waals surface area contributed by atoms with Gasteiger partial charge >= 0.3 is 0 Å². The lowest BCUT2D eigenvalue weighted by molar-refractivity contribution is 0.104. The zero-order valence-electron chi connectivity index (χ0n) is 9.82. The molecule has 1 rings (SSSR count). The van der Waals surface area contributed by atoms with Crippen molar-refractivity contribution >= 4 is 5.69 Å². The van der Waals surface area contributed by atoms with Crippen molar-refractivity contribution < 1.29 is 9.13 Å². The second kappa shape index (κ2) is 6.45. The largest absolute Gasteiger partial charge is 0.380 e. The molecule has 0 aromatic heterocycles. The number of methoxy groups -OCH3 is 1. The molecule has 3 nitrogen and oxygen atoms in total. The van der Waals surface area contributed by atoms with Gasteiger partial charge in [-0.3, -0.25) is 0 Å². The van der Waals surface area contributed by atoms with Crippen LogP contribution in [0.5, 0.6) is 0 Å². The second-order valence-corrected chi connectivity index (χ2v) is 3.78. The molecule has 0 amide bonds. The zero-order valence-corrected chi connectivity index (χ0v) is 9.82. The first-order chi connectivity index (χ1) is 7.67. The summed E-state index contributed by atoms with van der Waals surface area (Å²) in [6.07, 6.45) is 0.948. The summed E-state index contributed by atoms with van der Waals surface area (Å²) in [4.78, 5) is 2.06. The molecule has 0 aliphatic carbocycles. The number of anilines is 1. The quantitative estimate of drug-likeness (QED) is 0.801. The number of hydrogen-bond donors (Lipinski definition) is 1. The molecule has 0 heterocycles. The van der Waals surface area contributed by atoms with E-state index in [4.69, 9.17) is 10.5 Å². The third kappa shape index (κ3) is 3.79. The number of halogens is 1. The van der Waals surface area contributed by atoms with Crippen LogP contribution in [-0.4, -0.2) is 33.4 Å². The van der Waals surface area contributed by atoms with Crippen LogP contribution < -0.4 is 10.6 Å². The van der Waals surface area contributed by atoms with Crippen LogP contribution in [0.2, 0.25) is 0 Å². The van der Waals surface area contributed by atoms with Crippen LogP contribution in [0.3, 0.4) is 0 Å². The summed E-state index contributed by atoms with van der Waals surface area (Å²) in [5.41, 5.74) is 6.53. The third-order valence-electron chi connectivity index (χ3n) is 2.65. The van der Waals surface area contributed by atoms with Gasteiger partial charge in [-0.05, 0) is 30.7 Å². The molecular weight excluding hydrogens is 207 g/mol. The summed E-state index contributed by atoms with van der Waals surface area (Å²) in [6, 6.07) is 6.45. The molecule has 1 aromatic rings. The van der Waals surface area contributed by atoms with E-state index in [0.29, 0.717) is 6.54 Å². The molecule has 0 fully saturated rings. The van der Waals surface area contributed by atoms with Crippen molar-refractivity contribution in [3.05, 3.63) is 30.1 Å². The summed E-state index contributed by atoms with van der Waals surface area (Å²) in [7, 11) is 3.63. The minimum Gasteiger partial charge on any atom is -0.380 e. The number of benzene rings is 1. The van der Waals surface area contributed by atoms with Crippen LogP contribution in [0.15, 0.2) is 24.3 Å². The van der Waals surface area contributed by atoms with Gasteiger partial charge in [0.15, 0.2) is 0 Å². The van der Waals surface area contributed by atoms with Gasteiger partial charge in [0.1, 0.15) is 5.82 Å². The molecule has 1 aromatic carbocycles. The van der Waals surface area contributed by atoms with Gasteiger partial charge in [-0.15, -0.1) is 0 Å². The van der Waals surface area contributed by atoms with Gasteiger partial charge in [0.05, 0.1) is 6.10 Å². The second-order valence-electron chi connectivity index (χ2n) is 3.78. The van der Waals surface area contributed by atoms with E-state index in [-0.39, 0.29) is 11.9 Å². The number of nitrogens with zero attached hydrogens (tertiary/aromatic N) is 1. The normalized spacial score (nSPS) is 12.5. The smallest absolute Gasteiger partial charge is 0.123 e. The fourth-order valence-electron chi connectivity index (χ4n) is 1.49. The predicted molar refractivity (Wildman–Crippen MR) is 64.1 cm³/mol. The van der Waals surface area contributed by atoms with Crippen molar-refractivity contribution in [2.45, 2.75) is 12.5 Å². The predicted octanol–water partition coefficient (Wildman–Crippen LogP) is 1.63. The summed E-state index contributed by atoms with van der Waals surface area (Å²) in [5, 5.41) is 0. The van der Waals surface area contributed by atoms with Crippen molar-refractivity contribution in [1.29, 1.82) is 0 Å². The molecule has 0 saturated heterocycles. The summed E-state index contributed by atoms with van der Waals surface area (Å²) >= 11 is 0. The minimum atomic E-state index is -0.214. The van der Waals surface area contributed by atoms with Crippen LogP contribution in [0.4, 0.5) is 10.1 Å². The van der Waals surface area contributed by atoms with Crippen LogP contribution >= 0.6 is 0 Å². The highest BCUT2D eigenvalue weighted by atomic mass is 19.1. The highest BCUT2D eigenvalue weighted by molar-refractivity contribution is 5.45. The van der Waals surface area contributed by atoms with Crippen LogP contribution in [0, 0.1) is 5.82 Å². The van der Waals surface area contributed by atoms with E-state index < -0.39 is 0 Å². The Labute approximate surface area is 96.0 Å². The van der Waals surface area contributed by atoms with Gasteiger partial charge < -0.3 is 15.4 Å². The highest BCUT2D eigenvalue weighted by Crippen LogP contribution is 2.13. The lowest BCUT2D eigenvalue weighted by atomic mass is 10.2. The molecule has 0 saturated carbocycles. The van der Waals surface area contributed by atoms with Crippen molar-refractivity contribution in [3.8, 4) is 0 Å². The number of ether oxygens (including phenoxy) is 1. The van der Waals surface area contributed by atoms with Gasteiger partial charge in [0, 0.05) is 32.9 Å². The molecule has 4 heteroatoms. The lowest BCUT2D eigenvalue weighted by Gasteiger charge is -2.22. The molecule has 1 atom stereocenters. The van der Waals surface area contributed by atoms with E-state index in [1.165, 1.54) is 12.1 Å². The Bertz CT molecular complexity index is 298. The Morgan fingerprint density at radius 2 is 2.00 bits per heavy atom. The first-order valence-electron chi connectivity index (χ1n) is 5.37. The Morgan fingerprint density at radius 1 is 1.38 bits per heavy atom. The van der Waals surface area contributed by atoms with Crippen molar-refractivity contribution in [1.82, 2.24) is 0 Å². The van der Waals surface area contributed by atoms with E-state index in [1.54, 1.807) is 19.2 Å². The van der Waals surface area contributed by atoms with Crippen molar-refractivity contribution in [2.24, 2.45) is 5.73 Å². The molecule has 2 N–H and O–H groups in total. The standard InChI is InChI=1S/C12H19FN2O/c1-15(8-7-12(9-14)16-2)11-5-3-10(13)4-6-11/h3-6,12H,7-9,14H2,1-2H3. The number of nitrogens with two attached hydrogens (primary N) is 1. The number of rotatable bonds is 6. The molecule has 0 radical (unpaired) electrons. The topological polar surface area (TPSA) is 38.5 Å².